The van der Waals surface area contributed by atoms with Crippen LogP contribution in [0.5, 0.6) is 0 Å². The van der Waals surface area contributed by atoms with Gasteiger partial charge in [-0.2, -0.15) is 5.10 Å². The summed E-state index contributed by atoms with van der Waals surface area (Å²) >= 11 is 0. The first kappa shape index (κ1) is 21.0. The van der Waals surface area contributed by atoms with E-state index in [0.717, 1.165) is 29.9 Å². The maximum Gasteiger partial charge on any atom is 0.191 e. The second-order valence-corrected chi connectivity index (χ2v) is 7.46. The van der Waals surface area contributed by atoms with Gasteiger partial charge in [0, 0.05) is 57.4 Å². The Labute approximate surface area is 184 Å². The topological polar surface area (TPSA) is 70.4 Å². The third-order valence-corrected chi connectivity index (χ3v) is 5.63. The van der Waals surface area contributed by atoms with E-state index in [1.54, 1.807) is 10.9 Å². The lowest BCUT2D eigenvalue weighted by molar-refractivity contribution is 0.242. The van der Waals surface area contributed by atoms with Crippen molar-refractivity contribution in [2.75, 3.05) is 20.1 Å². The van der Waals surface area contributed by atoms with Crippen LogP contribution in [0.2, 0.25) is 0 Å². The van der Waals surface area contributed by atoms with E-state index >= 15 is 0 Å². The molecule has 1 saturated carbocycles. The third kappa shape index (κ3) is 5.22. The minimum absolute atomic E-state index is 0. The highest BCUT2D eigenvalue weighted by atomic mass is 127. The Morgan fingerprint density at radius 2 is 2.11 bits per heavy atom. The molecule has 7 nitrogen and oxygen atoms in total. The fraction of sp³-hybridized carbons (Fsp3) is 0.550. The molecule has 4 rings (SSSR count). The standard InChI is InChI=1S/C20H29N7.HI/c1-21-20(25-17-8-12-26(15-17)18-5-2-3-6-18)23-14-16-7-10-22-19(13-16)27-11-4-9-24-27;/h4,7,9-11,13,17-18H,2-3,5-6,8,12,14-15H2,1H3,(H2,21,23,25);1H. The molecule has 1 aliphatic heterocycles. The fourth-order valence-electron chi connectivity index (χ4n) is 4.18. The Balaban J connectivity index is 0.00000225. The van der Waals surface area contributed by atoms with Gasteiger partial charge in [0.2, 0.25) is 0 Å². The molecule has 1 aliphatic carbocycles. The van der Waals surface area contributed by atoms with E-state index in [-0.39, 0.29) is 24.0 Å². The van der Waals surface area contributed by atoms with Gasteiger partial charge in [-0.25, -0.2) is 9.67 Å². The van der Waals surface area contributed by atoms with Crippen molar-refractivity contribution in [3.63, 3.8) is 0 Å². The maximum absolute atomic E-state index is 4.40. The van der Waals surface area contributed by atoms with E-state index < -0.39 is 0 Å². The second kappa shape index (κ2) is 10.2. The van der Waals surface area contributed by atoms with Crippen LogP contribution in [0.1, 0.15) is 37.7 Å². The lowest BCUT2D eigenvalue weighted by Crippen LogP contribution is -2.45. The van der Waals surface area contributed by atoms with Gasteiger partial charge in [0.15, 0.2) is 11.8 Å². The normalized spacial score (nSPS) is 20.9. The molecule has 0 amide bonds. The molecule has 8 heteroatoms. The maximum atomic E-state index is 4.40. The quantitative estimate of drug-likeness (QED) is 0.379. The Morgan fingerprint density at radius 3 is 2.86 bits per heavy atom. The molecule has 28 heavy (non-hydrogen) atoms. The van der Waals surface area contributed by atoms with Gasteiger partial charge in [-0.05, 0) is 43.0 Å². The van der Waals surface area contributed by atoms with Crippen molar-refractivity contribution in [2.45, 2.75) is 50.7 Å². The number of hydrogen-bond donors (Lipinski definition) is 2. The number of nitrogens with one attached hydrogen (secondary N) is 2. The monoisotopic (exact) mass is 495 g/mol. The first-order valence-electron chi connectivity index (χ1n) is 9.98. The van der Waals surface area contributed by atoms with Crippen molar-refractivity contribution < 1.29 is 0 Å². The van der Waals surface area contributed by atoms with Gasteiger partial charge in [-0.3, -0.25) is 9.89 Å². The smallest absolute Gasteiger partial charge is 0.191 e. The van der Waals surface area contributed by atoms with E-state index in [9.17, 15) is 0 Å². The van der Waals surface area contributed by atoms with E-state index in [1.165, 1.54) is 38.6 Å². The van der Waals surface area contributed by atoms with Crippen molar-refractivity contribution in [1.82, 2.24) is 30.3 Å². The molecule has 0 spiro atoms. The summed E-state index contributed by atoms with van der Waals surface area (Å²) in [6.07, 6.45) is 12.2. The average Bonchev–Trinajstić information content (AvgIpc) is 3.47. The van der Waals surface area contributed by atoms with Gasteiger partial charge in [0.25, 0.3) is 0 Å². The van der Waals surface area contributed by atoms with Crippen LogP contribution in [0.3, 0.4) is 0 Å². The largest absolute Gasteiger partial charge is 0.352 e. The van der Waals surface area contributed by atoms with Gasteiger partial charge in [-0.15, -0.1) is 24.0 Å². The average molecular weight is 495 g/mol. The van der Waals surface area contributed by atoms with Crippen LogP contribution in [0.25, 0.3) is 5.82 Å². The molecule has 2 aromatic rings. The molecule has 2 N–H and O–H groups in total. The number of aliphatic imine (C=N–C) groups is 1. The van der Waals surface area contributed by atoms with E-state index in [2.05, 4.69) is 30.6 Å². The number of hydrogen-bond acceptors (Lipinski definition) is 4. The van der Waals surface area contributed by atoms with Gasteiger partial charge in [-0.1, -0.05) is 12.8 Å². The molecule has 2 aromatic heterocycles. The molecule has 3 heterocycles. The fourth-order valence-corrected chi connectivity index (χ4v) is 4.18. The first-order chi connectivity index (χ1) is 13.3. The van der Waals surface area contributed by atoms with Crippen LogP contribution in [-0.2, 0) is 6.54 Å². The summed E-state index contributed by atoms with van der Waals surface area (Å²) in [7, 11) is 1.83. The van der Waals surface area contributed by atoms with Crippen LogP contribution < -0.4 is 10.6 Å². The highest BCUT2D eigenvalue weighted by Gasteiger charge is 2.30. The minimum Gasteiger partial charge on any atom is -0.352 e. The summed E-state index contributed by atoms with van der Waals surface area (Å²) in [5.41, 5.74) is 1.15. The molecule has 1 atom stereocenters. The zero-order valence-corrected chi connectivity index (χ0v) is 18.8. The number of aromatic nitrogens is 3. The molecule has 2 fully saturated rings. The summed E-state index contributed by atoms with van der Waals surface area (Å²) in [6.45, 7) is 3.04. The van der Waals surface area contributed by atoms with Crippen molar-refractivity contribution in [2.24, 2.45) is 4.99 Å². The Kier molecular flexibility index (Phi) is 7.66. The molecular formula is C20H30IN7. The van der Waals surface area contributed by atoms with Crippen molar-refractivity contribution >= 4 is 29.9 Å². The predicted octanol–water partition coefficient (Wildman–Crippen LogP) is 2.57. The lowest BCUT2D eigenvalue weighted by atomic mass is 10.2. The van der Waals surface area contributed by atoms with E-state index in [0.29, 0.717) is 12.6 Å². The molecular weight excluding hydrogens is 465 g/mol. The van der Waals surface area contributed by atoms with Gasteiger partial charge < -0.3 is 10.6 Å². The molecule has 2 aliphatic rings. The van der Waals surface area contributed by atoms with Crippen molar-refractivity contribution in [1.29, 1.82) is 0 Å². The van der Waals surface area contributed by atoms with Crippen LogP contribution >= 0.6 is 24.0 Å². The number of rotatable bonds is 5. The van der Waals surface area contributed by atoms with Crippen molar-refractivity contribution in [3.8, 4) is 5.82 Å². The molecule has 152 valence electrons. The van der Waals surface area contributed by atoms with Crippen LogP contribution in [0, 0.1) is 0 Å². The second-order valence-electron chi connectivity index (χ2n) is 7.46. The van der Waals surface area contributed by atoms with Crippen LogP contribution in [-0.4, -0.2) is 57.8 Å². The van der Waals surface area contributed by atoms with E-state index in [1.807, 2.05) is 37.6 Å². The summed E-state index contributed by atoms with van der Waals surface area (Å²) < 4.78 is 1.77. The highest BCUT2D eigenvalue weighted by molar-refractivity contribution is 14.0. The Bertz CT molecular complexity index is 756. The molecule has 0 radical (unpaired) electrons. The van der Waals surface area contributed by atoms with Gasteiger partial charge in [0.1, 0.15) is 0 Å². The van der Waals surface area contributed by atoms with Crippen LogP contribution in [0.4, 0.5) is 0 Å². The summed E-state index contributed by atoms with van der Waals surface area (Å²) in [5.74, 6) is 1.69. The first-order valence-corrected chi connectivity index (χ1v) is 9.98. The number of likely N-dealkylation sites (tertiary alicyclic amines) is 1. The molecule has 1 saturated heterocycles. The summed E-state index contributed by atoms with van der Waals surface area (Å²) in [5, 5.41) is 11.3. The lowest BCUT2D eigenvalue weighted by Gasteiger charge is -2.24. The zero-order chi connectivity index (χ0) is 18.5. The molecule has 0 aromatic carbocycles. The van der Waals surface area contributed by atoms with Crippen molar-refractivity contribution in [3.05, 3.63) is 42.4 Å². The molecule has 1 unspecified atom stereocenters. The van der Waals surface area contributed by atoms with Gasteiger partial charge >= 0.3 is 0 Å². The molecule has 0 bridgehead atoms. The summed E-state index contributed by atoms with van der Waals surface area (Å²) in [4.78, 5) is 11.4. The SMILES string of the molecule is CN=C(NCc1ccnc(-n2cccn2)c1)NC1CCN(C2CCCC2)C1.I. The number of guanidine groups is 1. The van der Waals surface area contributed by atoms with Crippen LogP contribution in [0.15, 0.2) is 41.8 Å². The Hall–Kier alpha value is -1.68. The highest BCUT2D eigenvalue weighted by Crippen LogP contribution is 2.26. The number of pyridine rings is 1. The zero-order valence-electron chi connectivity index (χ0n) is 16.4. The predicted molar refractivity (Wildman–Crippen MR) is 122 cm³/mol. The minimum atomic E-state index is 0. The third-order valence-electron chi connectivity index (χ3n) is 5.63. The Morgan fingerprint density at radius 1 is 1.25 bits per heavy atom. The summed E-state index contributed by atoms with van der Waals surface area (Å²) in [6, 6.07) is 7.25. The number of nitrogens with zero attached hydrogens (tertiary/aromatic N) is 5. The number of halogens is 1. The van der Waals surface area contributed by atoms with E-state index in [4.69, 9.17) is 0 Å². The van der Waals surface area contributed by atoms with Gasteiger partial charge in [0.05, 0.1) is 0 Å².